The van der Waals surface area contributed by atoms with E-state index in [9.17, 15) is 9.90 Å². The highest BCUT2D eigenvalue weighted by Gasteiger charge is 2.14. The van der Waals surface area contributed by atoms with Crippen molar-refractivity contribution < 1.29 is 19.4 Å². The first-order valence-electron chi connectivity index (χ1n) is 9.38. The van der Waals surface area contributed by atoms with Crippen LogP contribution in [0.1, 0.15) is 24.3 Å². The van der Waals surface area contributed by atoms with Crippen molar-refractivity contribution in [1.29, 1.82) is 0 Å². The van der Waals surface area contributed by atoms with Crippen LogP contribution in [-0.2, 0) is 0 Å². The van der Waals surface area contributed by atoms with E-state index in [0.29, 0.717) is 11.4 Å². The topological polar surface area (TPSA) is 80.7 Å². The zero-order valence-corrected chi connectivity index (χ0v) is 17.2. The van der Waals surface area contributed by atoms with Gasteiger partial charge >= 0.3 is 0 Å². The zero-order chi connectivity index (χ0) is 20.6. The summed E-state index contributed by atoms with van der Waals surface area (Å²) >= 11 is 1.39. The molecule has 2 aromatic carbocycles. The molecule has 1 amide bonds. The Bertz CT molecular complexity index is 910. The summed E-state index contributed by atoms with van der Waals surface area (Å²) < 4.78 is 11.1. The molecule has 0 aliphatic rings. The van der Waals surface area contributed by atoms with Crippen molar-refractivity contribution in [3.05, 3.63) is 65.7 Å². The first kappa shape index (κ1) is 20.8. The Labute approximate surface area is 174 Å². The van der Waals surface area contributed by atoms with E-state index in [2.05, 4.69) is 10.3 Å². The molecule has 0 radical (unpaired) electrons. The van der Waals surface area contributed by atoms with E-state index in [1.807, 2.05) is 68.4 Å². The van der Waals surface area contributed by atoms with Crippen LogP contribution >= 0.6 is 11.3 Å². The Hall–Kier alpha value is -2.90. The molecule has 152 valence electrons. The Morgan fingerprint density at radius 1 is 1.10 bits per heavy atom. The molecule has 0 fully saturated rings. The van der Waals surface area contributed by atoms with E-state index in [4.69, 9.17) is 9.47 Å². The van der Waals surface area contributed by atoms with E-state index in [1.54, 1.807) is 5.38 Å². The van der Waals surface area contributed by atoms with Gasteiger partial charge in [0.2, 0.25) is 0 Å². The maximum absolute atomic E-state index is 12.3. The predicted octanol–water partition coefficient (Wildman–Crippen LogP) is 3.77. The van der Waals surface area contributed by atoms with Crippen molar-refractivity contribution in [2.75, 3.05) is 13.2 Å². The van der Waals surface area contributed by atoms with Crippen molar-refractivity contribution in [2.24, 2.45) is 0 Å². The van der Waals surface area contributed by atoms with Crippen LogP contribution in [0.2, 0.25) is 0 Å². The van der Waals surface area contributed by atoms with Crippen molar-refractivity contribution in [3.8, 4) is 22.1 Å². The number of carbonyl (C=O) groups excluding carboxylic acids is 1. The second-order valence-electron chi connectivity index (χ2n) is 6.72. The van der Waals surface area contributed by atoms with Gasteiger partial charge in [0, 0.05) is 17.5 Å². The number of ether oxygens (including phenoxy) is 2. The fourth-order valence-corrected chi connectivity index (χ4v) is 3.33. The van der Waals surface area contributed by atoms with Crippen LogP contribution in [-0.4, -0.2) is 41.4 Å². The van der Waals surface area contributed by atoms with Gasteiger partial charge in [0.25, 0.3) is 5.91 Å². The van der Waals surface area contributed by atoms with Gasteiger partial charge in [-0.25, -0.2) is 4.98 Å². The molecule has 1 aromatic heterocycles. The number of hydrogen-bond donors (Lipinski definition) is 2. The summed E-state index contributed by atoms with van der Waals surface area (Å²) in [6.07, 6.45) is -0.699. The number of nitrogens with zero attached hydrogens (tertiary/aromatic N) is 1. The number of thiazole rings is 1. The normalized spacial score (nSPS) is 11.9. The monoisotopic (exact) mass is 412 g/mol. The van der Waals surface area contributed by atoms with Crippen LogP contribution in [0, 0.1) is 0 Å². The third-order valence-corrected chi connectivity index (χ3v) is 4.79. The Balaban J connectivity index is 1.50. The number of carbonyl (C=O) groups is 1. The molecule has 1 atom stereocenters. The largest absolute Gasteiger partial charge is 0.491 e. The highest BCUT2D eigenvalue weighted by atomic mass is 32.1. The van der Waals surface area contributed by atoms with E-state index < -0.39 is 6.10 Å². The summed E-state index contributed by atoms with van der Waals surface area (Å²) in [5.41, 5.74) is 1.24. The molecular weight excluding hydrogens is 388 g/mol. The molecule has 0 spiro atoms. The van der Waals surface area contributed by atoms with E-state index in [-0.39, 0.29) is 25.2 Å². The number of amides is 1. The lowest BCUT2D eigenvalue weighted by Gasteiger charge is -2.12. The lowest BCUT2D eigenvalue weighted by Crippen LogP contribution is -2.35. The average molecular weight is 413 g/mol. The van der Waals surface area contributed by atoms with Gasteiger partial charge in [-0.15, -0.1) is 11.3 Å². The van der Waals surface area contributed by atoms with Gasteiger partial charge in [0.05, 0.1) is 6.10 Å². The standard InChI is InChI=1S/C22H24N2O4S/c1-15(2)28-19-10-8-16(9-11-19)22-24-20(14-29-22)21(26)23-12-17(25)13-27-18-6-4-3-5-7-18/h3-11,14-15,17,25H,12-13H2,1-2H3,(H,23,26). The number of para-hydroxylation sites is 1. The molecule has 3 aromatic rings. The molecular formula is C22H24N2O4S. The van der Waals surface area contributed by atoms with E-state index >= 15 is 0 Å². The molecule has 0 saturated heterocycles. The minimum atomic E-state index is -0.814. The molecule has 7 heteroatoms. The second-order valence-corrected chi connectivity index (χ2v) is 7.57. The maximum Gasteiger partial charge on any atom is 0.270 e. The molecule has 0 aliphatic heterocycles. The minimum Gasteiger partial charge on any atom is -0.491 e. The minimum absolute atomic E-state index is 0.0831. The summed E-state index contributed by atoms with van der Waals surface area (Å²) in [5.74, 6) is 1.14. The van der Waals surface area contributed by atoms with Crippen LogP contribution in [0.15, 0.2) is 60.0 Å². The van der Waals surface area contributed by atoms with Crippen LogP contribution in [0.4, 0.5) is 0 Å². The Kier molecular flexibility index (Phi) is 7.21. The number of aromatic nitrogens is 1. The maximum atomic E-state index is 12.3. The number of aliphatic hydroxyl groups excluding tert-OH is 1. The van der Waals surface area contributed by atoms with Crippen molar-refractivity contribution in [1.82, 2.24) is 10.3 Å². The number of nitrogens with one attached hydrogen (secondary N) is 1. The molecule has 29 heavy (non-hydrogen) atoms. The van der Waals surface area contributed by atoms with Gasteiger partial charge in [-0.1, -0.05) is 18.2 Å². The molecule has 0 saturated carbocycles. The first-order chi connectivity index (χ1) is 14.0. The smallest absolute Gasteiger partial charge is 0.270 e. The van der Waals surface area contributed by atoms with Gasteiger partial charge in [0.1, 0.15) is 34.9 Å². The molecule has 2 N–H and O–H groups in total. The van der Waals surface area contributed by atoms with Gasteiger partial charge < -0.3 is 19.9 Å². The molecule has 1 unspecified atom stereocenters. The van der Waals surface area contributed by atoms with Crippen LogP contribution in [0.5, 0.6) is 11.5 Å². The van der Waals surface area contributed by atoms with E-state index in [1.165, 1.54) is 11.3 Å². The molecule has 1 heterocycles. The fourth-order valence-electron chi connectivity index (χ4n) is 2.53. The third-order valence-electron chi connectivity index (χ3n) is 3.89. The number of benzene rings is 2. The Morgan fingerprint density at radius 3 is 2.52 bits per heavy atom. The summed E-state index contributed by atoms with van der Waals surface area (Å²) in [7, 11) is 0. The summed E-state index contributed by atoms with van der Waals surface area (Å²) in [4.78, 5) is 16.7. The van der Waals surface area contributed by atoms with Gasteiger partial charge in [-0.3, -0.25) is 4.79 Å². The molecule has 3 rings (SSSR count). The number of rotatable bonds is 9. The van der Waals surface area contributed by atoms with Gasteiger partial charge in [0.15, 0.2) is 0 Å². The highest BCUT2D eigenvalue weighted by molar-refractivity contribution is 7.13. The van der Waals surface area contributed by atoms with Gasteiger partial charge in [-0.05, 0) is 50.2 Å². The number of aliphatic hydroxyl groups is 1. The fraction of sp³-hybridized carbons (Fsp3) is 0.273. The van der Waals surface area contributed by atoms with Crippen molar-refractivity contribution >= 4 is 17.2 Å². The highest BCUT2D eigenvalue weighted by Crippen LogP contribution is 2.26. The molecule has 6 nitrogen and oxygen atoms in total. The second kappa shape index (κ2) is 10.0. The summed E-state index contributed by atoms with van der Waals surface area (Å²) in [5, 5.41) is 15.1. The van der Waals surface area contributed by atoms with Crippen LogP contribution < -0.4 is 14.8 Å². The van der Waals surface area contributed by atoms with Crippen LogP contribution in [0.25, 0.3) is 10.6 Å². The first-order valence-corrected chi connectivity index (χ1v) is 10.3. The SMILES string of the molecule is CC(C)Oc1ccc(-c2nc(C(=O)NCC(O)COc3ccccc3)cs2)cc1. The van der Waals surface area contributed by atoms with Crippen molar-refractivity contribution in [2.45, 2.75) is 26.1 Å². The number of hydrogen-bond acceptors (Lipinski definition) is 6. The third kappa shape index (κ3) is 6.30. The lowest BCUT2D eigenvalue weighted by atomic mass is 10.2. The summed E-state index contributed by atoms with van der Waals surface area (Å²) in [6, 6.07) is 16.8. The lowest BCUT2D eigenvalue weighted by molar-refractivity contribution is 0.0840. The quantitative estimate of drug-likeness (QED) is 0.559. The van der Waals surface area contributed by atoms with Crippen molar-refractivity contribution in [3.63, 3.8) is 0 Å². The molecule has 0 bridgehead atoms. The average Bonchev–Trinajstić information content (AvgIpc) is 3.22. The Morgan fingerprint density at radius 2 is 1.83 bits per heavy atom. The zero-order valence-electron chi connectivity index (χ0n) is 16.4. The van der Waals surface area contributed by atoms with E-state index in [0.717, 1.165) is 16.3 Å². The predicted molar refractivity (Wildman–Crippen MR) is 114 cm³/mol. The van der Waals surface area contributed by atoms with Crippen LogP contribution in [0.3, 0.4) is 0 Å². The van der Waals surface area contributed by atoms with Gasteiger partial charge in [-0.2, -0.15) is 0 Å². The molecule has 0 aliphatic carbocycles. The summed E-state index contributed by atoms with van der Waals surface area (Å²) in [6.45, 7) is 4.13.